The molecule has 17 heavy (non-hydrogen) atoms. The van der Waals surface area contributed by atoms with E-state index in [0.29, 0.717) is 0 Å². The predicted molar refractivity (Wildman–Crippen MR) is 73.0 cm³/mol. The van der Waals surface area contributed by atoms with Gasteiger partial charge in [0.15, 0.2) is 0 Å². The lowest BCUT2D eigenvalue weighted by atomic mass is 9.83. The van der Waals surface area contributed by atoms with Crippen LogP contribution in [-0.4, -0.2) is 19.0 Å². The van der Waals surface area contributed by atoms with Crippen LogP contribution in [0.1, 0.15) is 19.8 Å². The highest BCUT2D eigenvalue weighted by atomic mass is 79.9. The van der Waals surface area contributed by atoms with Crippen LogP contribution in [0.3, 0.4) is 0 Å². The third-order valence-electron chi connectivity index (χ3n) is 3.48. The van der Waals surface area contributed by atoms with Crippen molar-refractivity contribution in [3.05, 3.63) is 28.7 Å². The van der Waals surface area contributed by atoms with Gasteiger partial charge in [-0.15, -0.1) is 0 Å². The molecule has 1 aliphatic rings. The fourth-order valence-corrected chi connectivity index (χ4v) is 2.63. The summed E-state index contributed by atoms with van der Waals surface area (Å²) in [4.78, 5) is 12.3. The van der Waals surface area contributed by atoms with Gasteiger partial charge in [0.25, 0.3) is 0 Å². The van der Waals surface area contributed by atoms with E-state index < -0.39 is 0 Å². The first-order valence-electron chi connectivity index (χ1n) is 5.94. The number of anilines is 1. The minimum atomic E-state index is -0.234. The van der Waals surface area contributed by atoms with Crippen LogP contribution in [-0.2, 0) is 4.79 Å². The van der Waals surface area contributed by atoms with Crippen molar-refractivity contribution >= 4 is 27.5 Å². The van der Waals surface area contributed by atoms with Gasteiger partial charge in [-0.2, -0.15) is 0 Å². The van der Waals surface area contributed by atoms with Gasteiger partial charge >= 0.3 is 0 Å². The maximum absolute atomic E-state index is 12.3. The zero-order valence-electron chi connectivity index (χ0n) is 9.92. The zero-order valence-corrected chi connectivity index (χ0v) is 11.5. The van der Waals surface area contributed by atoms with E-state index in [-0.39, 0.29) is 11.3 Å². The fraction of sp³-hybridized carbons (Fsp3) is 0.462. The normalized spacial score (nSPS) is 23.6. The smallest absolute Gasteiger partial charge is 0.231 e. The van der Waals surface area contributed by atoms with E-state index in [2.05, 4.69) is 33.5 Å². The third kappa shape index (κ3) is 2.69. The summed E-state index contributed by atoms with van der Waals surface area (Å²) in [5.41, 5.74) is 0.617. The van der Waals surface area contributed by atoms with E-state index in [1.165, 1.54) is 0 Å². The molecule has 1 aliphatic heterocycles. The fourth-order valence-electron chi connectivity index (χ4n) is 2.23. The average Bonchev–Trinajstić information content (AvgIpc) is 2.78. The van der Waals surface area contributed by atoms with Gasteiger partial charge in [-0.25, -0.2) is 0 Å². The van der Waals surface area contributed by atoms with Crippen molar-refractivity contribution in [1.29, 1.82) is 0 Å². The van der Waals surface area contributed by atoms with Gasteiger partial charge in [0, 0.05) is 16.7 Å². The highest BCUT2D eigenvalue weighted by molar-refractivity contribution is 9.10. The van der Waals surface area contributed by atoms with Gasteiger partial charge in [0.05, 0.1) is 5.41 Å². The number of nitrogens with one attached hydrogen (secondary N) is 2. The number of halogens is 1. The van der Waals surface area contributed by atoms with Crippen LogP contribution < -0.4 is 10.6 Å². The van der Waals surface area contributed by atoms with E-state index in [4.69, 9.17) is 0 Å². The minimum Gasteiger partial charge on any atom is -0.326 e. The molecule has 0 bridgehead atoms. The van der Waals surface area contributed by atoms with Crippen molar-refractivity contribution in [2.75, 3.05) is 18.4 Å². The highest BCUT2D eigenvalue weighted by Crippen LogP contribution is 2.31. The lowest BCUT2D eigenvalue weighted by Crippen LogP contribution is -2.37. The van der Waals surface area contributed by atoms with Crippen molar-refractivity contribution in [2.24, 2.45) is 5.41 Å². The maximum atomic E-state index is 12.3. The molecule has 1 atom stereocenters. The Morgan fingerprint density at radius 1 is 1.59 bits per heavy atom. The van der Waals surface area contributed by atoms with E-state index in [1.807, 2.05) is 24.3 Å². The lowest BCUT2D eigenvalue weighted by molar-refractivity contribution is -0.124. The second-order valence-electron chi connectivity index (χ2n) is 4.53. The molecule has 2 N–H and O–H groups in total. The van der Waals surface area contributed by atoms with Crippen molar-refractivity contribution in [3.63, 3.8) is 0 Å². The third-order valence-corrected chi connectivity index (χ3v) is 3.98. The van der Waals surface area contributed by atoms with Crippen LogP contribution in [0.15, 0.2) is 28.7 Å². The van der Waals surface area contributed by atoms with Gasteiger partial charge < -0.3 is 10.6 Å². The summed E-state index contributed by atoms with van der Waals surface area (Å²) in [6.07, 6.45) is 1.79. The van der Waals surface area contributed by atoms with Gasteiger partial charge in [-0.1, -0.05) is 28.9 Å². The number of hydrogen-bond donors (Lipinski definition) is 2. The molecule has 0 aliphatic carbocycles. The molecule has 0 aromatic heterocycles. The number of benzene rings is 1. The summed E-state index contributed by atoms with van der Waals surface area (Å²) in [6.45, 7) is 3.79. The summed E-state index contributed by atoms with van der Waals surface area (Å²) in [5, 5.41) is 6.28. The van der Waals surface area contributed by atoms with Crippen LogP contribution in [0.25, 0.3) is 0 Å². The monoisotopic (exact) mass is 296 g/mol. The van der Waals surface area contributed by atoms with Crippen molar-refractivity contribution in [3.8, 4) is 0 Å². The Labute approximate surface area is 110 Å². The largest absolute Gasteiger partial charge is 0.326 e. The van der Waals surface area contributed by atoms with E-state index in [1.54, 1.807) is 0 Å². The molecule has 1 unspecified atom stereocenters. The molecule has 92 valence electrons. The molecule has 1 fully saturated rings. The van der Waals surface area contributed by atoms with Gasteiger partial charge in [-0.05, 0) is 37.6 Å². The standard InChI is InChI=1S/C13H17BrN2O/c1-2-13(6-7-15-9-13)12(17)16-11-5-3-4-10(14)8-11/h3-5,8,15H,2,6-7,9H2,1H3,(H,16,17). The first kappa shape index (κ1) is 12.6. The Morgan fingerprint density at radius 3 is 3.00 bits per heavy atom. The topological polar surface area (TPSA) is 41.1 Å². The number of hydrogen-bond acceptors (Lipinski definition) is 2. The molecule has 2 rings (SSSR count). The minimum absolute atomic E-state index is 0.128. The van der Waals surface area contributed by atoms with Gasteiger partial charge in [-0.3, -0.25) is 4.79 Å². The first-order chi connectivity index (χ1) is 8.16. The van der Waals surface area contributed by atoms with Crippen molar-refractivity contribution in [1.82, 2.24) is 5.32 Å². The van der Waals surface area contributed by atoms with Crippen LogP contribution in [0.2, 0.25) is 0 Å². The Bertz CT molecular complexity index is 414. The van der Waals surface area contributed by atoms with Crippen molar-refractivity contribution < 1.29 is 4.79 Å². The second-order valence-corrected chi connectivity index (χ2v) is 5.44. The molecule has 1 aromatic rings. The molecular formula is C13H17BrN2O. The average molecular weight is 297 g/mol. The summed E-state index contributed by atoms with van der Waals surface area (Å²) < 4.78 is 0.977. The Kier molecular flexibility index (Phi) is 3.84. The van der Waals surface area contributed by atoms with E-state index in [9.17, 15) is 4.79 Å². The molecule has 3 nitrogen and oxygen atoms in total. The van der Waals surface area contributed by atoms with Crippen LogP contribution >= 0.6 is 15.9 Å². The number of rotatable bonds is 3. The zero-order chi connectivity index (χ0) is 12.3. The quantitative estimate of drug-likeness (QED) is 0.900. The molecule has 0 saturated carbocycles. The van der Waals surface area contributed by atoms with Gasteiger partial charge in [0.2, 0.25) is 5.91 Å². The van der Waals surface area contributed by atoms with Crippen LogP contribution in [0.4, 0.5) is 5.69 Å². The second kappa shape index (κ2) is 5.19. The van der Waals surface area contributed by atoms with E-state index in [0.717, 1.165) is 36.1 Å². The Balaban J connectivity index is 2.10. The molecule has 4 heteroatoms. The molecular weight excluding hydrogens is 280 g/mol. The van der Waals surface area contributed by atoms with Crippen molar-refractivity contribution in [2.45, 2.75) is 19.8 Å². The SMILES string of the molecule is CCC1(C(=O)Nc2cccc(Br)c2)CCNC1. The van der Waals surface area contributed by atoms with E-state index >= 15 is 0 Å². The Morgan fingerprint density at radius 2 is 2.41 bits per heavy atom. The maximum Gasteiger partial charge on any atom is 0.231 e. The Hall–Kier alpha value is -0.870. The van der Waals surface area contributed by atoms with Crippen LogP contribution in [0.5, 0.6) is 0 Å². The molecule has 1 aromatic carbocycles. The van der Waals surface area contributed by atoms with Gasteiger partial charge in [0.1, 0.15) is 0 Å². The molecule has 1 heterocycles. The summed E-state index contributed by atoms with van der Waals surface area (Å²) in [5.74, 6) is 0.128. The highest BCUT2D eigenvalue weighted by Gasteiger charge is 2.39. The number of amides is 1. The summed E-state index contributed by atoms with van der Waals surface area (Å²) in [7, 11) is 0. The summed E-state index contributed by atoms with van der Waals surface area (Å²) in [6, 6.07) is 7.70. The lowest BCUT2D eigenvalue weighted by Gasteiger charge is -2.25. The molecule has 0 spiro atoms. The molecule has 1 saturated heterocycles. The number of carbonyl (C=O) groups excluding carboxylic acids is 1. The molecule has 0 radical (unpaired) electrons. The van der Waals surface area contributed by atoms with Crippen LogP contribution in [0, 0.1) is 5.41 Å². The molecule has 1 amide bonds. The number of carbonyl (C=O) groups is 1. The summed E-state index contributed by atoms with van der Waals surface area (Å²) >= 11 is 3.40. The predicted octanol–water partition coefficient (Wildman–Crippen LogP) is 2.78. The first-order valence-corrected chi connectivity index (χ1v) is 6.73.